The summed E-state index contributed by atoms with van der Waals surface area (Å²) in [6.45, 7) is 1.88. The molecule has 0 amide bonds. The highest BCUT2D eigenvalue weighted by molar-refractivity contribution is 9.10. The molecule has 0 atom stereocenters. The Morgan fingerprint density at radius 3 is 2.87 bits per heavy atom. The molecule has 0 N–H and O–H groups in total. The van der Waals surface area contributed by atoms with Crippen molar-refractivity contribution in [3.05, 3.63) is 40.4 Å². The molecule has 0 unspecified atom stereocenters. The van der Waals surface area contributed by atoms with Crippen LogP contribution in [-0.4, -0.2) is 13.1 Å². The van der Waals surface area contributed by atoms with Crippen LogP contribution >= 0.6 is 15.9 Å². The molecule has 1 aromatic carbocycles. The van der Waals surface area contributed by atoms with Crippen molar-refractivity contribution in [3.8, 4) is 6.07 Å². The van der Waals surface area contributed by atoms with Gasteiger partial charge < -0.3 is 4.90 Å². The molecular weight excluding hydrogens is 252 g/mol. The van der Waals surface area contributed by atoms with Crippen molar-refractivity contribution >= 4 is 21.6 Å². The number of nitriles is 1. The van der Waals surface area contributed by atoms with Crippen LogP contribution in [0.25, 0.3) is 0 Å². The van der Waals surface area contributed by atoms with Gasteiger partial charge in [0.05, 0.1) is 11.3 Å². The maximum absolute atomic E-state index is 9.11. The Hall–Kier alpha value is -1.27. The summed E-state index contributed by atoms with van der Waals surface area (Å²) >= 11 is 3.41. The fourth-order valence-corrected chi connectivity index (χ4v) is 2.19. The number of nitrogens with zero attached hydrogens (tertiary/aromatic N) is 2. The van der Waals surface area contributed by atoms with Crippen LogP contribution in [0.4, 0.5) is 5.69 Å². The summed E-state index contributed by atoms with van der Waals surface area (Å²) in [5.41, 5.74) is 1.75. The van der Waals surface area contributed by atoms with Gasteiger partial charge in [-0.05, 0) is 34.5 Å². The molecule has 1 aliphatic heterocycles. The molecule has 0 aliphatic carbocycles. The summed E-state index contributed by atoms with van der Waals surface area (Å²) in [6.07, 6.45) is 5.38. The van der Waals surface area contributed by atoms with Gasteiger partial charge in [-0.1, -0.05) is 18.2 Å². The maximum atomic E-state index is 9.11. The minimum atomic E-state index is 0.729. The third-order valence-corrected chi connectivity index (χ3v) is 3.16. The maximum Gasteiger partial charge on any atom is 0.103 e. The zero-order valence-corrected chi connectivity index (χ0v) is 9.87. The van der Waals surface area contributed by atoms with Gasteiger partial charge in [-0.15, -0.1) is 0 Å². The smallest absolute Gasteiger partial charge is 0.103 e. The van der Waals surface area contributed by atoms with Gasteiger partial charge in [-0.2, -0.15) is 5.26 Å². The highest BCUT2D eigenvalue weighted by Gasteiger charge is 2.13. The van der Waals surface area contributed by atoms with Gasteiger partial charge >= 0.3 is 0 Å². The molecule has 2 nitrogen and oxygen atoms in total. The summed E-state index contributed by atoms with van der Waals surface area (Å²) in [4.78, 5) is 2.23. The van der Waals surface area contributed by atoms with Gasteiger partial charge in [0.2, 0.25) is 0 Å². The zero-order chi connectivity index (χ0) is 10.7. The summed E-state index contributed by atoms with van der Waals surface area (Å²) < 4.78 is 0.872. The third kappa shape index (κ3) is 2.05. The average molecular weight is 263 g/mol. The largest absolute Gasteiger partial charge is 0.366 e. The molecule has 0 radical (unpaired) electrons. The lowest BCUT2D eigenvalue weighted by Gasteiger charge is -2.26. The minimum Gasteiger partial charge on any atom is -0.366 e. The Morgan fingerprint density at radius 2 is 2.20 bits per heavy atom. The summed E-state index contributed by atoms with van der Waals surface area (Å²) in [5.74, 6) is 0. The van der Waals surface area contributed by atoms with Gasteiger partial charge in [0.25, 0.3) is 0 Å². The van der Waals surface area contributed by atoms with Crippen LogP contribution < -0.4 is 4.90 Å². The molecule has 1 aromatic rings. The second-order valence-corrected chi connectivity index (χ2v) is 4.31. The van der Waals surface area contributed by atoms with Crippen molar-refractivity contribution in [2.24, 2.45) is 0 Å². The first kappa shape index (κ1) is 10.3. The SMILES string of the molecule is N#Cc1c(Br)cccc1N1CC=CCC1. The quantitative estimate of drug-likeness (QED) is 0.728. The fourth-order valence-electron chi connectivity index (χ4n) is 1.75. The summed E-state index contributed by atoms with van der Waals surface area (Å²) in [7, 11) is 0. The standard InChI is InChI=1S/C12H11BrN2/c13-11-5-4-6-12(10(11)9-14)15-7-2-1-3-8-15/h1-2,4-6H,3,7-8H2. The van der Waals surface area contributed by atoms with Crippen molar-refractivity contribution in [2.75, 3.05) is 18.0 Å². The van der Waals surface area contributed by atoms with Crippen LogP contribution in [0.3, 0.4) is 0 Å². The van der Waals surface area contributed by atoms with Crippen LogP contribution in [0.2, 0.25) is 0 Å². The number of rotatable bonds is 1. The first-order chi connectivity index (χ1) is 7.33. The van der Waals surface area contributed by atoms with Gasteiger partial charge in [0, 0.05) is 17.6 Å². The number of benzene rings is 1. The van der Waals surface area contributed by atoms with E-state index in [2.05, 4.69) is 39.1 Å². The highest BCUT2D eigenvalue weighted by atomic mass is 79.9. The summed E-state index contributed by atoms with van der Waals surface area (Å²) in [6, 6.07) is 8.13. The molecule has 0 saturated carbocycles. The van der Waals surface area contributed by atoms with E-state index >= 15 is 0 Å². The number of halogens is 1. The average Bonchev–Trinajstić information content (AvgIpc) is 2.30. The van der Waals surface area contributed by atoms with Gasteiger partial charge in [-0.25, -0.2) is 0 Å². The Morgan fingerprint density at radius 1 is 1.33 bits per heavy atom. The van der Waals surface area contributed by atoms with Crippen LogP contribution in [0, 0.1) is 11.3 Å². The van der Waals surface area contributed by atoms with Crippen molar-refractivity contribution in [2.45, 2.75) is 6.42 Å². The van der Waals surface area contributed by atoms with Crippen molar-refractivity contribution in [1.29, 1.82) is 5.26 Å². The van der Waals surface area contributed by atoms with E-state index in [0.29, 0.717) is 0 Å². The lowest BCUT2D eigenvalue weighted by Crippen LogP contribution is -2.27. The Balaban J connectivity index is 2.39. The molecule has 2 rings (SSSR count). The zero-order valence-electron chi connectivity index (χ0n) is 8.28. The fraction of sp³-hybridized carbons (Fsp3) is 0.250. The molecular formula is C12H11BrN2. The van der Waals surface area contributed by atoms with E-state index in [-0.39, 0.29) is 0 Å². The van der Waals surface area contributed by atoms with E-state index in [1.807, 2.05) is 18.2 Å². The molecule has 0 aromatic heterocycles. The van der Waals surface area contributed by atoms with Crippen molar-refractivity contribution in [3.63, 3.8) is 0 Å². The molecule has 0 fully saturated rings. The predicted octanol–water partition coefficient (Wildman–Crippen LogP) is 3.09. The Bertz CT molecular complexity index is 432. The molecule has 15 heavy (non-hydrogen) atoms. The lowest BCUT2D eigenvalue weighted by atomic mass is 10.1. The van der Waals surface area contributed by atoms with Crippen LogP contribution in [0.15, 0.2) is 34.8 Å². The second-order valence-electron chi connectivity index (χ2n) is 3.45. The van der Waals surface area contributed by atoms with E-state index in [4.69, 9.17) is 5.26 Å². The molecule has 0 bridgehead atoms. The predicted molar refractivity (Wildman–Crippen MR) is 64.8 cm³/mol. The van der Waals surface area contributed by atoms with Crippen molar-refractivity contribution < 1.29 is 0 Å². The van der Waals surface area contributed by atoms with E-state index < -0.39 is 0 Å². The Labute approximate surface area is 97.9 Å². The van der Waals surface area contributed by atoms with Gasteiger partial charge in [0.1, 0.15) is 6.07 Å². The van der Waals surface area contributed by atoms with E-state index in [1.165, 1.54) is 0 Å². The third-order valence-electron chi connectivity index (χ3n) is 2.50. The lowest BCUT2D eigenvalue weighted by molar-refractivity contribution is 0.819. The van der Waals surface area contributed by atoms with Crippen LogP contribution in [0.5, 0.6) is 0 Å². The summed E-state index contributed by atoms with van der Waals surface area (Å²) in [5, 5.41) is 9.11. The first-order valence-electron chi connectivity index (χ1n) is 4.91. The monoisotopic (exact) mass is 262 g/mol. The Kier molecular flexibility index (Phi) is 3.08. The molecule has 1 aliphatic rings. The molecule has 76 valence electrons. The van der Waals surface area contributed by atoms with Gasteiger partial charge in [-0.3, -0.25) is 0 Å². The molecule has 1 heterocycles. The van der Waals surface area contributed by atoms with Crippen LogP contribution in [-0.2, 0) is 0 Å². The minimum absolute atomic E-state index is 0.729. The topological polar surface area (TPSA) is 27.0 Å². The number of hydrogen-bond donors (Lipinski definition) is 0. The molecule has 0 spiro atoms. The van der Waals surface area contributed by atoms with E-state index in [1.54, 1.807) is 0 Å². The van der Waals surface area contributed by atoms with Crippen molar-refractivity contribution in [1.82, 2.24) is 0 Å². The van der Waals surface area contributed by atoms with Gasteiger partial charge in [0.15, 0.2) is 0 Å². The van der Waals surface area contributed by atoms with E-state index in [0.717, 1.165) is 35.2 Å². The molecule has 0 saturated heterocycles. The number of hydrogen-bond acceptors (Lipinski definition) is 2. The van der Waals surface area contributed by atoms with E-state index in [9.17, 15) is 0 Å². The second kappa shape index (κ2) is 4.50. The normalized spacial score (nSPS) is 15.1. The first-order valence-corrected chi connectivity index (χ1v) is 5.71. The molecule has 3 heteroatoms. The highest BCUT2D eigenvalue weighted by Crippen LogP contribution is 2.27. The number of anilines is 1. The van der Waals surface area contributed by atoms with Crippen LogP contribution in [0.1, 0.15) is 12.0 Å².